The molecule has 0 bridgehead atoms. The average Bonchev–Trinajstić information content (AvgIpc) is 2.51. The molecule has 126 valence electrons. The first-order valence-corrected chi connectivity index (χ1v) is 8.19. The number of Topliss-reactive ketones (excluding diaryl/α,β-unsaturated/α-hetero) is 1. The van der Waals surface area contributed by atoms with Crippen LogP contribution in [0.5, 0.6) is 0 Å². The van der Waals surface area contributed by atoms with E-state index in [4.69, 9.17) is 0 Å². The Bertz CT molecular complexity index is 579. The molecular weight excluding hydrogens is 292 g/mol. The highest BCUT2D eigenvalue weighted by Gasteiger charge is 2.31. The summed E-state index contributed by atoms with van der Waals surface area (Å²) in [6.45, 7) is 9.90. The van der Waals surface area contributed by atoms with Crippen molar-refractivity contribution in [2.75, 3.05) is 26.2 Å². The first kappa shape index (κ1) is 17.4. The minimum atomic E-state index is -0.0812. The van der Waals surface area contributed by atoms with E-state index in [0.717, 1.165) is 17.6 Å². The monoisotopic (exact) mass is 318 g/mol. The third kappa shape index (κ3) is 3.89. The lowest BCUT2D eigenvalue weighted by Crippen LogP contribution is -2.49. The molecule has 23 heavy (non-hydrogen) atoms. The van der Waals surface area contributed by atoms with Crippen molar-refractivity contribution >= 4 is 17.6 Å². The van der Waals surface area contributed by atoms with Gasteiger partial charge in [-0.1, -0.05) is 19.9 Å². The smallest absolute Gasteiger partial charge is 0.246 e. The van der Waals surface area contributed by atoms with Crippen LogP contribution in [0.3, 0.4) is 0 Å². The Kier molecular flexibility index (Phi) is 5.07. The van der Waals surface area contributed by atoms with Crippen LogP contribution >= 0.6 is 0 Å². The predicted octanol–water partition coefficient (Wildman–Crippen LogP) is 1.94. The second-order valence-corrected chi connectivity index (χ2v) is 7.01. The summed E-state index contributed by atoms with van der Waals surface area (Å²) < 4.78 is 0. The quantitative estimate of drug-likeness (QED) is 0.731. The van der Waals surface area contributed by atoms with Crippen LogP contribution in [0.1, 0.15) is 40.5 Å². The van der Waals surface area contributed by atoms with Gasteiger partial charge in [0.25, 0.3) is 0 Å². The summed E-state index contributed by atoms with van der Waals surface area (Å²) in [7, 11) is 0. The van der Waals surface area contributed by atoms with Crippen LogP contribution < -0.4 is 0 Å². The number of carbonyl (C=O) groups excluding carboxylic acids is 3. The Morgan fingerprint density at radius 1 is 1.09 bits per heavy atom. The Morgan fingerprint density at radius 2 is 1.65 bits per heavy atom. The summed E-state index contributed by atoms with van der Waals surface area (Å²) >= 11 is 0. The highest BCUT2D eigenvalue weighted by Crippen LogP contribution is 2.39. The molecule has 1 aliphatic heterocycles. The summed E-state index contributed by atoms with van der Waals surface area (Å²) in [4.78, 5) is 39.1. The molecule has 2 amide bonds. The number of nitrogens with zero attached hydrogens (tertiary/aromatic N) is 2. The van der Waals surface area contributed by atoms with Crippen LogP contribution in [0.15, 0.2) is 23.3 Å². The average molecular weight is 318 g/mol. The van der Waals surface area contributed by atoms with Crippen LogP contribution in [-0.4, -0.2) is 53.6 Å². The van der Waals surface area contributed by atoms with Gasteiger partial charge in [-0.25, -0.2) is 0 Å². The van der Waals surface area contributed by atoms with Crippen LogP contribution in [0.2, 0.25) is 0 Å². The van der Waals surface area contributed by atoms with E-state index in [1.807, 2.05) is 13.0 Å². The maximum atomic E-state index is 12.3. The molecule has 1 fully saturated rings. The number of hydrogen-bond acceptors (Lipinski definition) is 3. The van der Waals surface area contributed by atoms with Gasteiger partial charge in [0.1, 0.15) is 0 Å². The van der Waals surface area contributed by atoms with E-state index in [-0.39, 0.29) is 23.0 Å². The maximum Gasteiger partial charge on any atom is 0.246 e. The maximum absolute atomic E-state index is 12.3. The van der Waals surface area contributed by atoms with Gasteiger partial charge in [-0.2, -0.15) is 0 Å². The lowest BCUT2D eigenvalue weighted by molar-refractivity contribution is -0.135. The van der Waals surface area contributed by atoms with E-state index in [2.05, 4.69) is 13.8 Å². The number of amides is 2. The molecule has 0 spiro atoms. The molecule has 0 radical (unpaired) electrons. The number of ketones is 1. The number of piperazine rings is 1. The second kappa shape index (κ2) is 6.69. The molecule has 2 aliphatic rings. The topological polar surface area (TPSA) is 57.7 Å². The van der Waals surface area contributed by atoms with Gasteiger partial charge in [0, 0.05) is 45.6 Å². The third-order valence-electron chi connectivity index (χ3n) is 4.96. The fraction of sp³-hybridized carbons (Fsp3) is 0.611. The second-order valence-electron chi connectivity index (χ2n) is 7.01. The van der Waals surface area contributed by atoms with Crippen molar-refractivity contribution < 1.29 is 14.4 Å². The molecule has 0 unspecified atom stereocenters. The molecule has 1 heterocycles. The van der Waals surface area contributed by atoms with Crippen LogP contribution in [-0.2, 0) is 14.4 Å². The molecule has 0 N–H and O–H groups in total. The predicted molar refractivity (Wildman–Crippen MR) is 88.7 cm³/mol. The summed E-state index contributed by atoms with van der Waals surface area (Å²) in [5, 5.41) is 0. The van der Waals surface area contributed by atoms with Crippen molar-refractivity contribution in [1.29, 1.82) is 0 Å². The summed E-state index contributed by atoms with van der Waals surface area (Å²) in [6.07, 6.45) is 4.78. The van der Waals surface area contributed by atoms with Crippen molar-refractivity contribution in [3.05, 3.63) is 23.3 Å². The van der Waals surface area contributed by atoms with E-state index in [1.165, 1.54) is 0 Å². The normalized spacial score (nSPS) is 22.0. The zero-order chi connectivity index (χ0) is 17.2. The standard InChI is InChI=1S/C18H26N2O3/c1-13-15(18(3,4)8-7-16(13)22)5-6-17(23)20-11-9-19(10-12-20)14(2)21/h5-6H,7-12H2,1-4H3/b6-5+. The number of carbonyl (C=O) groups is 3. The van der Waals surface area contributed by atoms with Crippen LogP contribution in [0, 0.1) is 5.41 Å². The molecule has 0 aromatic heterocycles. The molecule has 2 rings (SSSR count). The molecule has 1 aliphatic carbocycles. The number of rotatable bonds is 2. The molecule has 5 nitrogen and oxygen atoms in total. The van der Waals surface area contributed by atoms with Gasteiger partial charge in [-0.05, 0) is 29.9 Å². The summed E-state index contributed by atoms with van der Waals surface area (Å²) in [5.74, 6) is 0.171. The first-order valence-electron chi connectivity index (χ1n) is 8.19. The van der Waals surface area contributed by atoms with Crippen molar-refractivity contribution in [3.63, 3.8) is 0 Å². The third-order valence-corrected chi connectivity index (χ3v) is 4.96. The SMILES string of the molecule is CC(=O)N1CCN(C(=O)/C=C/C2=C(C)C(=O)CCC2(C)C)CC1. The minimum Gasteiger partial charge on any atom is -0.339 e. The Labute approximate surface area is 138 Å². The molecule has 1 saturated heterocycles. The highest BCUT2D eigenvalue weighted by molar-refractivity contribution is 5.98. The first-order chi connectivity index (χ1) is 10.7. The van der Waals surface area contributed by atoms with Crippen molar-refractivity contribution in [2.24, 2.45) is 5.41 Å². The van der Waals surface area contributed by atoms with Crippen molar-refractivity contribution in [3.8, 4) is 0 Å². The number of hydrogen-bond donors (Lipinski definition) is 0. The number of allylic oxidation sites excluding steroid dienone is 3. The van der Waals surface area contributed by atoms with Crippen molar-refractivity contribution in [1.82, 2.24) is 9.80 Å². The fourth-order valence-corrected chi connectivity index (χ4v) is 3.26. The van der Waals surface area contributed by atoms with E-state index < -0.39 is 0 Å². The molecule has 0 atom stereocenters. The van der Waals surface area contributed by atoms with Gasteiger partial charge in [0.05, 0.1) is 0 Å². The lowest BCUT2D eigenvalue weighted by atomic mass is 9.72. The van der Waals surface area contributed by atoms with E-state index in [9.17, 15) is 14.4 Å². The lowest BCUT2D eigenvalue weighted by Gasteiger charge is -2.34. The largest absolute Gasteiger partial charge is 0.339 e. The van der Waals surface area contributed by atoms with Gasteiger partial charge in [-0.15, -0.1) is 0 Å². The molecular formula is C18H26N2O3. The van der Waals surface area contributed by atoms with Gasteiger partial charge in [0.2, 0.25) is 11.8 Å². The zero-order valence-corrected chi connectivity index (χ0v) is 14.5. The van der Waals surface area contributed by atoms with Gasteiger partial charge in [-0.3, -0.25) is 14.4 Å². The Morgan fingerprint density at radius 3 is 2.22 bits per heavy atom. The molecule has 0 aromatic carbocycles. The van der Waals surface area contributed by atoms with Crippen LogP contribution in [0.4, 0.5) is 0 Å². The zero-order valence-electron chi connectivity index (χ0n) is 14.5. The van der Waals surface area contributed by atoms with E-state index >= 15 is 0 Å². The van der Waals surface area contributed by atoms with Gasteiger partial charge in [0.15, 0.2) is 5.78 Å². The van der Waals surface area contributed by atoms with Crippen molar-refractivity contribution in [2.45, 2.75) is 40.5 Å². The summed E-state index contributed by atoms with van der Waals surface area (Å²) in [6, 6.07) is 0. The van der Waals surface area contributed by atoms with Gasteiger partial charge >= 0.3 is 0 Å². The van der Waals surface area contributed by atoms with Gasteiger partial charge < -0.3 is 9.80 Å². The Hall–Kier alpha value is -1.91. The van der Waals surface area contributed by atoms with E-state index in [1.54, 1.807) is 22.8 Å². The van der Waals surface area contributed by atoms with Crippen LogP contribution in [0.25, 0.3) is 0 Å². The van der Waals surface area contributed by atoms with E-state index in [0.29, 0.717) is 32.6 Å². The summed E-state index contributed by atoms with van der Waals surface area (Å²) in [5.41, 5.74) is 1.65. The molecule has 0 aromatic rings. The Balaban J connectivity index is 2.05. The molecule has 0 saturated carbocycles. The highest BCUT2D eigenvalue weighted by atomic mass is 16.2. The molecule has 5 heteroatoms. The minimum absolute atomic E-state index is 0.0517. The fourth-order valence-electron chi connectivity index (χ4n) is 3.26.